The van der Waals surface area contributed by atoms with E-state index in [0.717, 1.165) is 17.3 Å². The number of unbranched alkanes of at least 4 members (excludes halogenated alkanes) is 1. The largest absolute Gasteiger partial charge is 0.295 e. The van der Waals surface area contributed by atoms with Gasteiger partial charge in [-0.1, -0.05) is 41.4 Å². The van der Waals surface area contributed by atoms with E-state index in [9.17, 15) is 4.79 Å². The highest BCUT2D eigenvalue weighted by molar-refractivity contribution is 9.11. The Balaban J connectivity index is 3.69. The second kappa shape index (κ2) is 7.29. The third-order valence-corrected chi connectivity index (χ3v) is 1.65. The standard InChI is InChI=1S/C10H15BrO/c1-3-4-7-10(12)8-5-6-9(2)11/h5-6,8H,3-4,7H2,1-2H3/b8-5+,9-6+. The van der Waals surface area contributed by atoms with Crippen LogP contribution in [0.3, 0.4) is 0 Å². The molecule has 0 bridgehead atoms. The quantitative estimate of drug-likeness (QED) is 0.521. The van der Waals surface area contributed by atoms with Crippen LogP contribution in [-0.4, -0.2) is 5.78 Å². The minimum atomic E-state index is 0.210. The van der Waals surface area contributed by atoms with Crippen LogP contribution in [0.15, 0.2) is 22.7 Å². The highest BCUT2D eigenvalue weighted by Gasteiger charge is 1.92. The zero-order valence-corrected chi connectivity index (χ0v) is 9.23. The molecule has 1 nitrogen and oxygen atoms in total. The molecule has 0 saturated carbocycles. The summed E-state index contributed by atoms with van der Waals surface area (Å²) in [5.41, 5.74) is 0. The van der Waals surface area contributed by atoms with Gasteiger partial charge in [0.1, 0.15) is 0 Å². The Morgan fingerprint density at radius 1 is 1.50 bits per heavy atom. The van der Waals surface area contributed by atoms with Crippen LogP contribution in [0.5, 0.6) is 0 Å². The van der Waals surface area contributed by atoms with Crippen molar-refractivity contribution in [2.75, 3.05) is 0 Å². The Morgan fingerprint density at radius 3 is 2.67 bits per heavy atom. The van der Waals surface area contributed by atoms with Crippen molar-refractivity contribution in [3.05, 3.63) is 22.7 Å². The maximum Gasteiger partial charge on any atom is 0.155 e. The van der Waals surface area contributed by atoms with E-state index in [4.69, 9.17) is 0 Å². The summed E-state index contributed by atoms with van der Waals surface area (Å²) in [5.74, 6) is 0.210. The third-order valence-electron chi connectivity index (χ3n) is 1.38. The molecular formula is C10H15BrO. The molecule has 0 amide bonds. The molecule has 0 unspecified atom stereocenters. The lowest BCUT2D eigenvalue weighted by atomic mass is 10.2. The molecule has 0 rings (SSSR count). The van der Waals surface area contributed by atoms with Crippen LogP contribution in [0.4, 0.5) is 0 Å². The van der Waals surface area contributed by atoms with Crippen molar-refractivity contribution in [1.29, 1.82) is 0 Å². The number of hydrogen-bond donors (Lipinski definition) is 0. The summed E-state index contributed by atoms with van der Waals surface area (Å²) in [4.78, 5) is 11.1. The molecule has 0 fully saturated rings. The SMILES string of the molecule is CCCCC(=O)/C=C/C=C(\C)Br. The molecule has 0 aromatic carbocycles. The van der Waals surface area contributed by atoms with Crippen molar-refractivity contribution in [1.82, 2.24) is 0 Å². The van der Waals surface area contributed by atoms with Crippen LogP contribution in [-0.2, 0) is 4.79 Å². The van der Waals surface area contributed by atoms with Gasteiger partial charge in [-0.25, -0.2) is 0 Å². The second-order valence-electron chi connectivity index (χ2n) is 2.68. The fourth-order valence-electron chi connectivity index (χ4n) is 0.722. The summed E-state index contributed by atoms with van der Waals surface area (Å²) in [7, 11) is 0. The van der Waals surface area contributed by atoms with Crippen LogP contribution < -0.4 is 0 Å². The predicted molar refractivity (Wildman–Crippen MR) is 56.4 cm³/mol. The summed E-state index contributed by atoms with van der Waals surface area (Å²) in [6.45, 7) is 4.01. The average Bonchev–Trinajstić information content (AvgIpc) is 2.00. The van der Waals surface area contributed by atoms with E-state index >= 15 is 0 Å². The molecule has 0 N–H and O–H groups in total. The van der Waals surface area contributed by atoms with Crippen molar-refractivity contribution < 1.29 is 4.79 Å². The van der Waals surface area contributed by atoms with Crippen molar-refractivity contribution in [2.24, 2.45) is 0 Å². The Labute approximate surface area is 82.7 Å². The molecule has 12 heavy (non-hydrogen) atoms. The van der Waals surface area contributed by atoms with E-state index < -0.39 is 0 Å². The molecule has 0 spiro atoms. The number of rotatable bonds is 5. The molecule has 0 aliphatic heterocycles. The van der Waals surface area contributed by atoms with Gasteiger partial charge in [0.15, 0.2) is 5.78 Å². The minimum Gasteiger partial charge on any atom is -0.295 e. The molecule has 0 saturated heterocycles. The first-order valence-corrected chi connectivity index (χ1v) is 4.99. The van der Waals surface area contributed by atoms with Gasteiger partial charge in [-0.3, -0.25) is 4.79 Å². The lowest BCUT2D eigenvalue weighted by Gasteiger charge is -1.90. The maximum absolute atomic E-state index is 11.1. The smallest absolute Gasteiger partial charge is 0.155 e. The van der Waals surface area contributed by atoms with E-state index in [0.29, 0.717) is 6.42 Å². The number of allylic oxidation sites excluding steroid dienone is 4. The molecule has 68 valence electrons. The first-order chi connectivity index (χ1) is 5.66. The molecule has 2 heteroatoms. The van der Waals surface area contributed by atoms with E-state index in [1.807, 2.05) is 13.0 Å². The molecule has 0 heterocycles. The maximum atomic E-state index is 11.1. The Bertz CT molecular complexity index is 188. The molecule has 0 aliphatic rings. The summed E-state index contributed by atoms with van der Waals surface area (Å²) >= 11 is 3.28. The monoisotopic (exact) mass is 230 g/mol. The van der Waals surface area contributed by atoms with Crippen LogP contribution >= 0.6 is 15.9 Å². The van der Waals surface area contributed by atoms with Gasteiger partial charge in [0, 0.05) is 6.42 Å². The predicted octanol–water partition coefficient (Wildman–Crippen LogP) is 3.60. The Morgan fingerprint density at radius 2 is 2.17 bits per heavy atom. The normalized spacial score (nSPS) is 12.4. The molecule has 0 aromatic rings. The fourth-order valence-corrected chi connectivity index (χ4v) is 0.875. The molecular weight excluding hydrogens is 216 g/mol. The van der Waals surface area contributed by atoms with Gasteiger partial charge in [-0.05, 0) is 23.9 Å². The molecule has 0 radical (unpaired) electrons. The fraction of sp³-hybridized carbons (Fsp3) is 0.500. The Hall–Kier alpha value is -0.370. The van der Waals surface area contributed by atoms with E-state index in [-0.39, 0.29) is 5.78 Å². The number of hydrogen-bond acceptors (Lipinski definition) is 1. The summed E-state index contributed by atoms with van der Waals surface area (Å²) < 4.78 is 1.03. The van der Waals surface area contributed by atoms with Gasteiger partial charge in [0.25, 0.3) is 0 Å². The van der Waals surface area contributed by atoms with E-state index in [1.165, 1.54) is 0 Å². The lowest BCUT2D eigenvalue weighted by molar-refractivity contribution is -0.114. The van der Waals surface area contributed by atoms with Crippen LogP contribution in [0.25, 0.3) is 0 Å². The minimum absolute atomic E-state index is 0.210. The number of ketones is 1. The van der Waals surface area contributed by atoms with Gasteiger partial charge < -0.3 is 0 Å². The van der Waals surface area contributed by atoms with Crippen molar-refractivity contribution in [2.45, 2.75) is 33.1 Å². The Kier molecular flexibility index (Phi) is 7.06. The van der Waals surface area contributed by atoms with Crippen molar-refractivity contribution >= 4 is 21.7 Å². The molecule has 0 aromatic heterocycles. The first kappa shape index (κ1) is 11.6. The van der Waals surface area contributed by atoms with Gasteiger partial charge in [-0.2, -0.15) is 0 Å². The van der Waals surface area contributed by atoms with Gasteiger partial charge >= 0.3 is 0 Å². The topological polar surface area (TPSA) is 17.1 Å². The molecule has 0 aliphatic carbocycles. The summed E-state index contributed by atoms with van der Waals surface area (Å²) in [6, 6.07) is 0. The first-order valence-electron chi connectivity index (χ1n) is 4.20. The van der Waals surface area contributed by atoms with E-state index in [2.05, 4.69) is 22.9 Å². The number of carbonyl (C=O) groups is 1. The zero-order chi connectivity index (χ0) is 9.40. The lowest BCUT2D eigenvalue weighted by Crippen LogP contribution is -1.90. The highest BCUT2D eigenvalue weighted by atomic mass is 79.9. The summed E-state index contributed by atoms with van der Waals surface area (Å²) in [5, 5.41) is 0. The van der Waals surface area contributed by atoms with Crippen molar-refractivity contribution in [3.8, 4) is 0 Å². The number of carbonyl (C=O) groups excluding carboxylic acids is 1. The van der Waals surface area contributed by atoms with Crippen LogP contribution in [0.1, 0.15) is 33.1 Å². The van der Waals surface area contributed by atoms with Crippen LogP contribution in [0.2, 0.25) is 0 Å². The molecule has 0 atom stereocenters. The number of halogens is 1. The van der Waals surface area contributed by atoms with Gasteiger partial charge in [0.2, 0.25) is 0 Å². The third kappa shape index (κ3) is 7.73. The zero-order valence-electron chi connectivity index (χ0n) is 7.64. The van der Waals surface area contributed by atoms with Crippen molar-refractivity contribution in [3.63, 3.8) is 0 Å². The van der Waals surface area contributed by atoms with Gasteiger partial charge in [-0.15, -0.1) is 0 Å². The van der Waals surface area contributed by atoms with Crippen LogP contribution in [0, 0.1) is 0 Å². The second-order valence-corrected chi connectivity index (χ2v) is 3.93. The summed E-state index contributed by atoms with van der Waals surface area (Å²) in [6.07, 6.45) is 8.00. The average molecular weight is 231 g/mol. The van der Waals surface area contributed by atoms with Gasteiger partial charge in [0.05, 0.1) is 0 Å². The van der Waals surface area contributed by atoms with E-state index in [1.54, 1.807) is 12.2 Å². The highest BCUT2D eigenvalue weighted by Crippen LogP contribution is 2.02.